The summed E-state index contributed by atoms with van der Waals surface area (Å²) in [6.07, 6.45) is 4.26. The Hall–Kier alpha value is -5.54. The quantitative estimate of drug-likeness (QED) is 0.171. The Morgan fingerprint density at radius 3 is 1.74 bits per heavy atom. The average Bonchev–Trinajstić information content (AvgIpc) is 4.04. The first-order valence-corrected chi connectivity index (χ1v) is 20.0. The number of carbonyl (C=O) groups is 4. The van der Waals surface area contributed by atoms with E-state index in [0.717, 1.165) is 39.2 Å². The number of halogens is 4. The number of likely N-dealkylation sites (tertiary alicyclic amines) is 4. The molecule has 0 radical (unpaired) electrons. The van der Waals surface area contributed by atoms with E-state index in [1.165, 1.54) is 14.7 Å². The van der Waals surface area contributed by atoms with Gasteiger partial charge in [-0.3, -0.25) is 19.2 Å². The molecule has 8 rings (SSSR count). The van der Waals surface area contributed by atoms with E-state index in [2.05, 4.69) is 26.0 Å². The largest absolute Gasteiger partial charge is 0.340 e. The lowest BCUT2D eigenvalue weighted by Gasteiger charge is -2.34. The van der Waals surface area contributed by atoms with Crippen LogP contribution in [0.3, 0.4) is 0 Å². The van der Waals surface area contributed by atoms with Crippen LogP contribution >= 0.6 is 0 Å². The summed E-state index contributed by atoms with van der Waals surface area (Å²) in [6.45, 7) is 3.71. The second kappa shape index (κ2) is 15.3. The number of aryl methyl sites for hydroxylation is 1. The Balaban J connectivity index is 0.915. The minimum Gasteiger partial charge on any atom is -0.340 e. The summed E-state index contributed by atoms with van der Waals surface area (Å²) in [7, 11) is 0. The number of benzene rings is 2. The van der Waals surface area contributed by atoms with E-state index in [1.807, 2.05) is 50.2 Å². The van der Waals surface area contributed by atoms with Crippen LogP contribution in [0, 0.1) is 6.92 Å². The normalized spacial score (nSPS) is 23.0. The second-order valence-corrected chi connectivity index (χ2v) is 16.1. The number of nitrogens with zero attached hydrogens (tertiary/aromatic N) is 6. The summed E-state index contributed by atoms with van der Waals surface area (Å²) in [5, 5.41) is 0. The molecule has 4 saturated heterocycles. The number of nitrogens with one attached hydrogen (secondary N) is 2. The molecule has 16 heteroatoms. The van der Waals surface area contributed by atoms with E-state index in [9.17, 15) is 36.7 Å². The number of imidazole rings is 2. The molecule has 306 valence electrons. The zero-order chi connectivity index (χ0) is 40.9. The lowest BCUT2D eigenvalue weighted by molar-refractivity contribution is -0.156. The number of aromatic amines is 2. The molecule has 4 amide bonds. The number of piperidine rings is 2. The maximum atomic E-state index is 13.7. The maximum Gasteiger partial charge on any atom is 0.312 e. The summed E-state index contributed by atoms with van der Waals surface area (Å²) >= 11 is 0. The minimum absolute atomic E-state index is 0.142. The fraction of sp³-hybridized carbons (Fsp3) is 0.476. The zero-order valence-corrected chi connectivity index (χ0v) is 32.4. The summed E-state index contributed by atoms with van der Waals surface area (Å²) in [5.41, 5.74) is 6.34. The standard InChI is InChI=1S/C42H46F4N8O4/c1-25-22-29(32-24-48-36(50-32)34-12-5-26(2)54(34)40(58)38(56)52-20-15-42(45,46)16-21-52)10-11-30(25)27-6-8-28(9-7-27)31-23-47-35(49-31)33-4-3-17-53(33)39(57)37(55)51-18-13-41(43,44)14-19-51/h6-11,22-24,26,33-34H,3-5,12-21H2,1-2H3,(H,47,49)(H,48,50). The van der Waals surface area contributed by atoms with Crippen molar-refractivity contribution >= 4 is 23.6 Å². The molecule has 0 saturated carbocycles. The summed E-state index contributed by atoms with van der Waals surface area (Å²) < 4.78 is 54.7. The van der Waals surface area contributed by atoms with Crippen LogP contribution in [0.5, 0.6) is 0 Å². The first-order valence-electron chi connectivity index (χ1n) is 20.0. The van der Waals surface area contributed by atoms with E-state index in [0.29, 0.717) is 43.9 Å². The fourth-order valence-corrected chi connectivity index (χ4v) is 8.76. The molecule has 4 aliphatic heterocycles. The number of amides is 4. The molecule has 2 N–H and O–H groups in total. The van der Waals surface area contributed by atoms with Crippen molar-refractivity contribution in [3.8, 4) is 33.6 Å². The SMILES string of the molecule is Cc1cc(-c2cnc(C3CCC(C)N3C(=O)C(=O)N3CCC(F)(F)CC3)[nH]2)ccc1-c1ccc(-c2cnc(C3CCCN3C(=O)C(=O)N3CCC(F)(F)CC3)[nH]2)cc1. The van der Waals surface area contributed by atoms with Gasteiger partial charge in [0.05, 0.1) is 35.9 Å². The number of H-pyrrole nitrogens is 2. The van der Waals surface area contributed by atoms with Crippen LogP contribution in [0.1, 0.15) is 87.6 Å². The van der Waals surface area contributed by atoms with Crippen molar-refractivity contribution in [2.75, 3.05) is 32.7 Å². The molecule has 12 nitrogen and oxygen atoms in total. The highest BCUT2D eigenvalue weighted by Crippen LogP contribution is 2.38. The van der Waals surface area contributed by atoms with Crippen molar-refractivity contribution in [1.29, 1.82) is 0 Å². The lowest BCUT2D eigenvalue weighted by atomic mass is 9.96. The van der Waals surface area contributed by atoms with Crippen molar-refractivity contribution in [3.05, 3.63) is 72.1 Å². The van der Waals surface area contributed by atoms with E-state index in [4.69, 9.17) is 0 Å². The Labute approximate surface area is 333 Å². The maximum absolute atomic E-state index is 13.7. The smallest absolute Gasteiger partial charge is 0.312 e. The third-order valence-electron chi connectivity index (χ3n) is 12.2. The van der Waals surface area contributed by atoms with Crippen molar-refractivity contribution in [2.45, 2.75) is 95.2 Å². The number of carbonyl (C=O) groups excluding carboxylic acids is 4. The second-order valence-electron chi connectivity index (χ2n) is 16.1. The highest BCUT2D eigenvalue weighted by atomic mass is 19.3. The van der Waals surface area contributed by atoms with Crippen LogP contribution in [-0.2, 0) is 19.2 Å². The van der Waals surface area contributed by atoms with Crippen LogP contribution < -0.4 is 0 Å². The number of alkyl halides is 4. The highest BCUT2D eigenvalue weighted by Gasteiger charge is 2.44. The monoisotopic (exact) mass is 802 g/mol. The van der Waals surface area contributed by atoms with Gasteiger partial charge in [0.25, 0.3) is 11.8 Å². The molecular weight excluding hydrogens is 757 g/mol. The molecule has 0 bridgehead atoms. The van der Waals surface area contributed by atoms with Gasteiger partial charge in [0.2, 0.25) is 0 Å². The summed E-state index contributed by atoms with van der Waals surface area (Å²) in [4.78, 5) is 74.0. The van der Waals surface area contributed by atoms with E-state index in [-0.39, 0.29) is 32.2 Å². The molecule has 3 unspecified atom stereocenters. The first-order chi connectivity index (χ1) is 27.7. The van der Waals surface area contributed by atoms with Crippen LogP contribution in [-0.4, -0.2) is 114 Å². The van der Waals surface area contributed by atoms with Gasteiger partial charge in [0.1, 0.15) is 11.6 Å². The predicted molar refractivity (Wildman–Crippen MR) is 205 cm³/mol. The van der Waals surface area contributed by atoms with Crippen LogP contribution in [0.2, 0.25) is 0 Å². The van der Waals surface area contributed by atoms with Gasteiger partial charge in [0.15, 0.2) is 0 Å². The number of hydrogen-bond donors (Lipinski definition) is 2. The van der Waals surface area contributed by atoms with E-state index in [1.54, 1.807) is 17.3 Å². The van der Waals surface area contributed by atoms with Crippen molar-refractivity contribution in [2.24, 2.45) is 0 Å². The molecule has 4 aliphatic rings. The predicted octanol–water partition coefficient (Wildman–Crippen LogP) is 6.67. The third-order valence-corrected chi connectivity index (χ3v) is 12.2. The molecule has 4 aromatic rings. The van der Waals surface area contributed by atoms with Crippen molar-refractivity contribution in [3.63, 3.8) is 0 Å². The molecule has 6 heterocycles. The van der Waals surface area contributed by atoms with E-state index >= 15 is 0 Å². The van der Waals surface area contributed by atoms with Gasteiger partial charge in [-0.05, 0) is 73.4 Å². The third kappa shape index (κ3) is 7.72. The van der Waals surface area contributed by atoms with Gasteiger partial charge in [-0.25, -0.2) is 27.5 Å². The summed E-state index contributed by atoms with van der Waals surface area (Å²) in [5.74, 6) is -7.37. The van der Waals surface area contributed by atoms with Crippen LogP contribution in [0.15, 0.2) is 54.9 Å². The van der Waals surface area contributed by atoms with Gasteiger partial charge in [-0.1, -0.05) is 36.4 Å². The van der Waals surface area contributed by atoms with Gasteiger partial charge < -0.3 is 29.6 Å². The average molecular weight is 803 g/mol. The molecule has 2 aromatic heterocycles. The Kier molecular flexibility index (Phi) is 10.4. The Bertz CT molecular complexity index is 2200. The van der Waals surface area contributed by atoms with E-state index < -0.39 is 73.2 Å². The van der Waals surface area contributed by atoms with Gasteiger partial charge in [-0.2, -0.15) is 0 Å². The van der Waals surface area contributed by atoms with Crippen LogP contribution in [0.25, 0.3) is 33.6 Å². The van der Waals surface area contributed by atoms with Gasteiger partial charge in [-0.15, -0.1) is 0 Å². The summed E-state index contributed by atoms with van der Waals surface area (Å²) in [6, 6.07) is 13.0. The lowest BCUT2D eigenvalue weighted by Crippen LogP contribution is -2.51. The topological polar surface area (TPSA) is 139 Å². The fourth-order valence-electron chi connectivity index (χ4n) is 8.76. The zero-order valence-electron chi connectivity index (χ0n) is 32.4. The molecule has 0 spiro atoms. The van der Waals surface area contributed by atoms with Crippen LogP contribution in [0.4, 0.5) is 17.6 Å². The van der Waals surface area contributed by atoms with Gasteiger partial charge in [0, 0.05) is 64.4 Å². The molecule has 2 aromatic carbocycles. The minimum atomic E-state index is -2.82. The number of aromatic nitrogens is 4. The number of hydrogen-bond acceptors (Lipinski definition) is 6. The van der Waals surface area contributed by atoms with Crippen molar-refractivity contribution < 1.29 is 36.7 Å². The molecular formula is C42H46F4N8O4. The molecule has 3 atom stereocenters. The molecule has 58 heavy (non-hydrogen) atoms. The van der Waals surface area contributed by atoms with Crippen molar-refractivity contribution in [1.82, 2.24) is 39.5 Å². The highest BCUT2D eigenvalue weighted by molar-refractivity contribution is 6.35. The first kappa shape index (κ1) is 39.3. The van der Waals surface area contributed by atoms with Gasteiger partial charge >= 0.3 is 23.6 Å². The molecule has 4 fully saturated rings. The number of rotatable bonds is 5. The Morgan fingerprint density at radius 1 is 0.638 bits per heavy atom. The molecule has 0 aliphatic carbocycles. The Morgan fingerprint density at radius 2 is 1.16 bits per heavy atom.